The Morgan fingerprint density at radius 2 is 1.94 bits per heavy atom. The van der Waals surface area contributed by atoms with Crippen LogP contribution in [0.3, 0.4) is 0 Å². The zero-order chi connectivity index (χ0) is 22.7. The number of halogens is 1. The van der Waals surface area contributed by atoms with E-state index in [-0.39, 0.29) is 12.3 Å². The molecule has 2 aromatic heterocycles. The largest absolute Gasteiger partial charge is 0.493 e. The summed E-state index contributed by atoms with van der Waals surface area (Å²) in [5, 5.41) is 10.7. The average molecular weight is 469 g/mol. The van der Waals surface area contributed by atoms with Gasteiger partial charge in [-0.2, -0.15) is 5.10 Å². The molecule has 1 N–H and O–H groups in total. The molecule has 0 atom stereocenters. The Balaban J connectivity index is 1.49. The Kier molecular flexibility index (Phi) is 6.43. The molecule has 32 heavy (non-hydrogen) atoms. The number of ether oxygens (including phenoxy) is 2. The lowest BCUT2D eigenvalue weighted by atomic mass is 10.2. The van der Waals surface area contributed by atoms with Crippen LogP contribution in [0.4, 0.5) is 5.82 Å². The molecule has 4 rings (SSSR count). The molecule has 2 heterocycles. The van der Waals surface area contributed by atoms with Gasteiger partial charge < -0.3 is 14.8 Å². The molecule has 7 nitrogen and oxygen atoms in total. The number of aromatic nitrogens is 3. The van der Waals surface area contributed by atoms with E-state index in [1.807, 2.05) is 48.7 Å². The van der Waals surface area contributed by atoms with Crippen LogP contribution >= 0.6 is 22.9 Å². The quantitative estimate of drug-likeness (QED) is 0.405. The van der Waals surface area contributed by atoms with Gasteiger partial charge in [0.05, 0.1) is 37.7 Å². The van der Waals surface area contributed by atoms with Crippen molar-refractivity contribution >= 4 is 34.7 Å². The minimum Gasteiger partial charge on any atom is -0.493 e. The maximum Gasteiger partial charge on any atom is 0.231 e. The highest BCUT2D eigenvalue weighted by Crippen LogP contribution is 2.33. The van der Waals surface area contributed by atoms with Crippen molar-refractivity contribution < 1.29 is 14.3 Å². The van der Waals surface area contributed by atoms with Crippen LogP contribution in [-0.4, -0.2) is 34.9 Å². The molecular weight excluding hydrogens is 448 g/mol. The van der Waals surface area contributed by atoms with Gasteiger partial charge in [0.2, 0.25) is 5.91 Å². The van der Waals surface area contributed by atoms with Gasteiger partial charge in [-0.3, -0.25) is 4.79 Å². The van der Waals surface area contributed by atoms with Crippen molar-refractivity contribution in [1.29, 1.82) is 0 Å². The van der Waals surface area contributed by atoms with Gasteiger partial charge in [-0.1, -0.05) is 17.7 Å². The predicted octanol–water partition coefficient (Wildman–Crippen LogP) is 5.16. The number of hydrogen-bond donors (Lipinski definition) is 1. The summed E-state index contributed by atoms with van der Waals surface area (Å²) in [6.07, 6.45) is 0.142. The van der Waals surface area contributed by atoms with E-state index in [1.165, 1.54) is 11.3 Å². The molecule has 0 radical (unpaired) electrons. The van der Waals surface area contributed by atoms with Crippen molar-refractivity contribution in [1.82, 2.24) is 14.8 Å². The van der Waals surface area contributed by atoms with Crippen LogP contribution in [0.5, 0.6) is 11.5 Å². The normalized spacial score (nSPS) is 10.8. The standard InChI is InChI=1S/C23H21ClN4O3S/c1-14-9-21(28(27-14)18-6-4-5-16(24)11-18)26-22(29)12-17-13-32-23(25-17)15-7-8-19(30-2)20(10-15)31-3/h4-11,13H,12H2,1-3H3,(H,26,29). The van der Waals surface area contributed by atoms with Crippen LogP contribution in [0.1, 0.15) is 11.4 Å². The van der Waals surface area contributed by atoms with E-state index in [1.54, 1.807) is 31.0 Å². The summed E-state index contributed by atoms with van der Waals surface area (Å²) < 4.78 is 12.3. The summed E-state index contributed by atoms with van der Waals surface area (Å²) in [5.74, 6) is 1.67. The van der Waals surface area contributed by atoms with Crippen LogP contribution in [0.2, 0.25) is 5.02 Å². The first kappa shape index (κ1) is 21.9. The Hall–Kier alpha value is -3.36. The molecular formula is C23H21ClN4O3S. The topological polar surface area (TPSA) is 78.3 Å². The Bertz CT molecular complexity index is 1270. The number of thiazole rings is 1. The van der Waals surface area contributed by atoms with Gasteiger partial charge in [-0.25, -0.2) is 9.67 Å². The molecule has 0 unspecified atom stereocenters. The molecule has 0 bridgehead atoms. The van der Waals surface area contributed by atoms with Crippen molar-refractivity contribution in [3.8, 4) is 27.8 Å². The van der Waals surface area contributed by atoms with E-state index in [4.69, 9.17) is 21.1 Å². The Morgan fingerprint density at radius 1 is 1.12 bits per heavy atom. The van der Waals surface area contributed by atoms with Crippen molar-refractivity contribution in [3.63, 3.8) is 0 Å². The highest BCUT2D eigenvalue weighted by molar-refractivity contribution is 7.13. The van der Waals surface area contributed by atoms with Gasteiger partial charge in [-0.05, 0) is 43.3 Å². The highest BCUT2D eigenvalue weighted by atomic mass is 35.5. The number of aryl methyl sites for hydroxylation is 1. The minimum absolute atomic E-state index is 0.142. The van der Waals surface area contributed by atoms with Gasteiger partial charge in [0.25, 0.3) is 0 Å². The fraction of sp³-hybridized carbons (Fsp3) is 0.174. The van der Waals surface area contributed by atoms with Crippen molar-refractivity contribution in [2.75, 3.05) is 19.5 Å². The average Bonchev–Trinajstić information content (AvgIpc) is 3.39. The zero-order valence-electron chi connectivity index (χ0n) is 17.8. The third kappa shape index (κ3) is 4.76. The number of hydrogen-bond acceptors (Lipinski definition) is 6. The summed E-state index contributed by atoms with van der Waals surface area (Å²) in [4.78, 5) is 17.3. The van der Waals surface area contributed by atoms with Crippen molar-refractivity contribution in [2.24, 2.45) is 0 Å². The van der Waals surface area contributed by atoms with E-state index in [0.29, 0.717) is 28.0 Å². The smallest absolute Gasteiger partial charge is 0.231 e. The lowest BCUT2D eigenvalue weighted by Crippen LogP contribution is -2.17. The summed E-state index contributed by atoms with van der Waals surface area (Å²) in [6, 6.07) is 14.7. The molecule has 0 saturated carbocycles. The fourth-order valence-electron chi connectivity index (χ4n) is 3.23. The van der Waals surface area contributed by atoms with E-state index in [2.05, 4.69) is 15.4 Å². The second-order valence-electron chi connectivity index (χ2n) is 7.00. The Morgan fingerprint density at radius 3 is 2.69 bits per heavy atom. The molecule has 9 heteroatoms. The van der Waals surface area contributed by atoms with Crippen molar-refractivity contribution in [2.45, 2.75) is 13.3 Å². The first-order chi connectivity index (χ1) is 15.5. The van der Waals surface area contributed by atoms with Crippen LogP contribution in [0, 0.1) is 6.92 Å². The molecule has 0 saturated heterocycles. The highest BCUT2D eigenvalue weighted by Gasteiger charge is 2.15. The van der Waals surface area contributed by atoms with E-state index < -0.39 is 0 Å². The third-order valence-electron chi connectivity index (χ3n) is 4.68. The van der Waals surface area contributed by atoms with Gasteiger partial charge in [0, 0.05) is 22.0 Å². The molecule has 2 aromatic carbocycles. The molecule has 1 amide bonds. The third-order valence-corrected chi connectivity index (χ3v) is 5.85. The summed E-state index contributed by atoms with van der Waals surface area (Å²) in [7, 11) is 3.19. The number of carbonyl (C=O) groups excluding carboxylic acids is 1. The summed E-state index contributed by atoms with van der Waals surface area (Å²) in [6.45, 7) is 1.87. The molecule has 0 spiro atoms. The molecule has 0 aliphatic heterocycles. The first-order valence-electron chi connectivity index (χ1n) is 9.76. The molecule has 4 aromatic rings. The number of rotatable bonds is 7. The van der Waals surface area contributed by atoms with Gasteiger partial charge in [0.15, 0.2) is 11.5 Å². The lowest BCUT2D eigenvalue weighted by Gasteiger charge is -2.09. The molecule has 0 aliphatic rings. The van der Waals surface area contributed by atoms with E-state index >= 15 is 0 Å². The number of amides is 1. The Labute approximate surface area is 194 Å². The monoisotopic (exact) mass is 468 g/mol. The number of nitrogens with one attached hydrogen (secondary N) is 1. The van der Waals surface area contributed by atoms with E-state index in [0.717, 1.165) is 22.0 Å². The lowest BCUT2D eigenvalue weighted by molar-refractivity contribution is -0.115. The molecule has 164 valence electrons. The van der Waals surface area contributed by atoms with Gasteiger partial charge in [-0.15, -0.1) is 11.3 Å². The summed E-state index contributed by atoms with van der Waals surface area (Å²) >= 11 is 7.57. The fourth-order valence-corrected chi connectivity index (χ4v) is 4.24. The first-order valence-corrected chi connectivity index (χ1v) is 11.0. The second-order valence-corrected chi connectivity index (χ2v) is 8.30. The van der Waals surface area contributed by atoms with Gasteiger partial charge in [0.1, 0.15) is 10.8 Å². The summed E-state index contributed by atoms with van der Waals surface area (Å²) in [5.41, 5.74) is 3.13. The van der Waals surface area contributed by atoms with E-state index in [9.17, 15) is 4.79 Å². The second kappa shape index (κ2) is 9.42. The minimum atomic E-state index is -0.183. The van der Waals surface area contributed by atoms with Crippen molar-refractivity contribution in [3.05, 3.63) is 70.3 Å². The number of methoxy groups -OCH3 is 2. The maximum atomic E-state index is 12.7. The number of anilines is 1. The van der Waals surface area contributed by atoms with Gasteiger partial charge >= 0.3 is 0 Å². The molecule has 0 aliphatic carbocycles. The maximum absolute atomic E-state index is 12.7. The number of nitrogens with zero attached hydrogens (tertiary/aromatic N) is 3. The predicted molar refractivity (Wildman–Crippen MR) is 126 cm³/mol. The SMILES string of the molecule is COc1ccc(-c2nc(CC(=O)Nc3cc(C)nn3-c3cccc(Cl)c3)cs2)cc1OC. The number of carbonyl (C=O) groups is 1. The van der Waals surface area contributed by atoms with Crippen LogP contribution in [0.15, 0.2) is 53.9 Å². The van der Waals surface area contributed by atoms with Crippen LogP contribution in [0.25, 0.3) is 16.3 Å². The zero-order valence-corrected chi connectivity index (χ0v) is 19.3. The number of benzene rings is 2. The van der Waals surface area contributed by atoms with Crippen LogP contribution in [-0.2, 0) is 11.2 Å². The van der Waals surface area contributed by atoms with Crippen LogP contribution < -0.4 is 14.8 Å². The molecule has 0 fully saturated rings.